The van der Waals surface area contributed by atoms with Crippen LogP contribution in [0.25, 0.3) is 0 Å². The van der Waals surface area contributed by atoms with Gasteiger partial charge >= 0.3 is 0 Å². The largest absolute Gasteiger partial charge is 0.311 e. The molecular weight excluding hydrogens is 180 g/mol. The van der Waals surface area contributed by atoms with Gasteiger partial charge in [-0.3, -0.25) is 0 Å². The van der Waals surface area contributed by atoms with Crippen LogP contribution in [-0.4, -0.2) is 49.1 Å². The minimum atomic E-state index is 0.670. The number of hydrogen-bond acceptors (Lipinski definition) is 3. The van der Waals surface area contributed by atoms with Gasteiger partial charge in [0.25, 0.3) is 0 Å². The molecule has 1 N–H and O–H groups in total. The molecule has 0 aliphatic carbocycles. The van der Waals surface area contributed by atoms with E-state index in [1.54, 1.807) is 0 Å². The first-order valence-corrected chi connectivity index (χ1v) is 5.98. The second-order valence-electron chi connectivity index (χ2n) is 3.88. The predicted molar refractivity (Wildman–Crippen MR) is 61.4 cm³/mol. The SMILES string of the molecule is C=C(C)CN(C)CC1CSCCN1. The normalized spacial score (nSPS) is 23.5. The van der Waals surface area contributed by atoms with E-state index in [4.69, 9.17) is 0 Å². The second kappa shape index (κ2) is 5.68. The maximum Gasteiger partial charge on any atom is 0.0285 e. The number of thioether (sulfide) groups is 1. The smallest absolute Gasteiger partial charge is 0.0285 e. The number of likely N-dealkylation sites (N-methyl/N-ethyl adjacent to an activating group) is 1. The quantitative estimate of drug-likeness (QED) is 0.687. The van der Waals surface area contributed by atoms with Crippen LogP contribution in [0.3, 0.4) is 0 Å². The van der Waals surface area contributed by atoms with Gasteiger partial charge in [0.05, 0.1) is 0 Å². The van der Waals surface area contributed by atoms with Crippen LogP contribution in [0, 0.1) is 0 Å². The summed E-state index contributed by atoms with van der Waals surface area (Å²) in [7, 11) is 2.16. The predicted octanol–water partition coefficient (Wildman–Crippen LogP) is 1.20. The molecule has 1 aliphatic rings. The molecule has 1 unspecified atom stereocenters. The number of hydrogen-bond donors (Lipinski definition) is 1. The van der Waals surface area contributed by atoms with E-state index < -0.39 is 0 Å². The van der Waals surface area contributed by atoms with E-state index in [0.29, 0.717) is 6.04 Å². The Hall–Kier alpha value is 0.01000. The summed E-state index contributed by atoms with van der Waals surface area (Å²) in [5.74, 6) is 2.52. The molecule has 1 aliphatic heterocycles. The fourth-order valence-corrected chi connectivity index (χ4v) is 2.58. The van der Waals surface area contributed by atoms with Crippen LogP contribution in [0.4, 0.5) is 0 Å². The van der Waals surface area contributed by atoms with Gasteiger partial charge in [0.2, 0.25) is 0 Å². The Bertz CT molecular complexity index is 164. The van der Waals surface area contributed by atoms with Gasteiger partial charge in [0.1, 0.15) is 0 Å². The average molecular weight is 200 g/mol. The lowest BCUT2D eigenvalue weighted by atomic mass is 10.2. The zero-order chi connectivity index (χ0) is 9.68. The van der Waals surface area contributed by atoms with Crippen molar-refractivity contribution in [3.8, 4) is 0 Å². The first-order valence-electron chi connectivity index (χ1n) is 4.82. The molecule has 0 aromatic heterocycles. The van der Waals surface area contributed by atoms with Crippen LogP contribution in [0.1, 0.15) is 6.92 Å². The third kappa shape index (κ3) is 4.69. The summed E-state index contributed by atoms with van der Waals surface area (Å²) in [6.07, 6.45) is 0. The minimum absolute atomic E-state index is 0.670. The second-order valence-corrected chi connectivity index (χ2v) is 5.03. The van der Waals surface area contributed by atoms with Gasteiger partial charge < -0.3 is 10.2 Å². The molecule has 1 rings (SSSR count). The zero-order valence-electron chi connectivity index (χ0n) is 8.68. The van der Waals surface area contributed by atoms with Gasteiger partial charge in [0.15, 0.2) is 0 Å². The van der Waals surface area contributed by atoms with E-state index >= 15 is 0 Å². The van der Waals surface area contributed by atoms with Crippen LogP contribution in [0.2, 0.25) is 0 Å². The van der Waals surface area contributed by atoms with E-state index in [2.05, 4.69) is 42.5 Å². The molecule has 0 amide bonds. The van der Waals surface area contributed by atoms with Gasteiger partial charge in [-0.2, -0.15) is 11.8 Å². The van der Waals surface area contributed by atoms with Gasteiger partial charge in [0, 0.05) is 37.2 Å². The molecule has 1 atom stereocenters. The van der Waals surface area contributed by atoms with Crippen molar-refractivity contribution in [2.75, 3.05) is 38.2 Å². The maximum absolute atomic E-state index is 3.92. The number of rotatable bonds is 4. The van der Waals surface area contributed by atoms with Crippen molar-refractivity contribution in [2.24, 2.45) is 0 Å². The fourth-order valence-electron chi connectivity index (χ4n) is 1.64. The molecule has 0 bridgehead atoms. The van der Waals surface area contributed by atoms with Crippen molar-refractivity contribution in [3.63, 3.8) is 0 Å². The number of nitrogens with zero attached hydrogens (tertiary/aromatic N) is 1. The standard InChI is InChI=1S/C10H20N2S/c1-9(2)6-12(3)7-10-8-13-5-4-11-10/h10-11H,1,4-8H2,2-3H3. The van der Waals surface area contributed by atoms with Gasteiger partial charge in [-0.25, -0.2) is 0 Å². The zero-order valence-corrected chi connectivity index (χ0v) is 9.49. The van der Waals surface area contributed by atoms with Gasteiger partial charge in [-0.05, 0) is 14.0 Å². The Labute approximate surface area is 85.8 Å². The lowest BCUT2D eigenvalue weighted by Gasteiger charge is -2.27. The summed E-state index contributed by atoms with van der Waals surface area (Å²) in [5.41, 5.74) is 1.24. The summed E-state index contributed by atoms with van der Waals surface area (Å²) < 4.78 is 0. The lowest BCUT2D eigenvalue weighted by molar-refractivity contribution is 0.320. The van der Waals surface area contributed by atoms with Crippen LogP contribution in [0.5, 0.6) is 0 Å². The molecule has 3 heteroatoms. The molecule has 2 nitrogen and oxygen atoms in total. The highest BCUT2D eigenvalue weighted by Crippen LogP contribution is 2.08. The van der Waals surface area contributed by atoms with E-state index in [1.807, 2.05) is 0 Å². The van der Waals surface area contributed by atoms with Crippen molar-refractivity contribution in [1.82, 2.24) is 10.2 Å². The Kier molecular flexibility index (Phi) is 4.84. The lowest BCUT2D eigenvalue weighted by Crippen LogP contribution is -2.45. The van der Waals surface area contributed by atoms with E-state index in [1.165, 1.54) is 17.1 Å². The molecular formula is C10H20N2S. The van der Waals surface area contributed by atoms with Crippen molar-refractivity contribution in [2.45, 2.75) is 13.0 Å². The molecule has 0 radical (unpaired) electrons. The maximum atomic E-state index is 3.92. The monoisotopic (exact) mass is 200 g/mol. The van der Waals surface area contributed by atoms with Crippen LogP contribution >= 0.6 is 11.8 Å². The fraction of sp³-hybridized carbons (Fsp3) is 0.800. The highest BCUT2D eigenvalue weighted by molar-refractivity contribution is 7.99. The summed E-state index contributed by atoms with van der Waals surface area (Å²) in [4.78, 5) is 2.34. The third-order valence-corrected chi connectivity index (χ3v) is 3.20. The highest BCUT2D eigenvalue weighted by atomic mass is 32.2. The van der Waals surface area contributed by atoms with Crippen LogP contribution in [0.15, 0.2) is 12.2 Å². The van der Waals surface area contributed by atoms with E-state index in [0.717, 1.165) is 19.6 Å². The number of nitrogens with one attached hydrogen (secondary N) is 1. The summed E-state index contributed by atoms with van der Waals surface area (Å²) >= 11 is 2.05. The van der Waals surface area contributed by atoms with Crippen molar-refractivity contribution in [1.29, 1.82) is 0 Å². The van der Waals surface area contributed by atoms with E-state index in [9.17, 15) is 0 Å². The van der Waals surface area contributed by atoms with Crippen molar-refractivity contribution >= 4 is 11.8 Å². The van der Waals surface area contributed by atoms with Crippen LogP contribution in [-0.2, 0) is 0 Å². The van der Waals surface area contributed by atoms with Gasteiger partial charge in [-0.1, -0.05) is 12.2 Å². The minimum Gasteiger partial charge on any atom is -0.311 e. The highest BCUT2D eigenvalue weighted by Gasteiger charge is 2.14. The van der Waals surface area contributed by atoms with E-state index in [-0.39, 0.29) is 0 Å². The average Bonchev–Trinajstić information content (AvgIpc) is 2.04. The molecule has 1 fully saturated rings. The first kappa shape index (κ1) is 11.1. The Morgan fingerprint density at radius 3 is 3.00 bits per heavy atom. The molecule has 13 heavy (non-hydrogen) atoms. The molecule has 1 heterocycles. The Balaban J connectivity index is 2.18. The summed E-state index contributed by atoms with van der Waals surface area (Å²) in [6, 6.07) is 0.670. The Morgan fingerprint density at radius 1 is 1.69 bits per heavy atom. The van der Waals surface area contributed by atoms with Gasteiger partial charge in [-0.15, -0.1) is 0 Å². The molecule has 1 saturated heterocycles. The molecule has 0 aromatic rings. The Morgan fingerprint density at radius 2 is 2.46 bits per heavy atom. The molecule has 76 valence electrons. The first-order chi connectivity index (χ1) is 6.18. The third-order valence-electron chi connectivity index (χ3n) is 2.07. The molecule has 0 aromatic carbocycles. The topological polar surface area (TPSA) is 15.3 Å². The van der Waals surface area contributed by atoms with Crippen molar-refractivity contribution in [3.05, 3.63) is 12.2 Å². The van der Waals surface area contributed by atoms with Crippen LogP contribution < -0.4 is 5.32 Å². The summed E-state index contributed by atoms with van der Waals surface area (Å²) in [5, 5.41) is 3.53. The molecule has 0 spiro atoms. The summed E-state index contributed by atoms with van der Waals surface area (Å²) in [6.45, 7) is 9.32. The molecule has 0 saturated carbocycles. The van der Waals surface area contributed by atoms with Crippen molar-refractivity contribution < 1.29 is 0 Å².